The Balaban J connectivity index is 2.00. The standard InChI is InChI=1S/C15H21N3O5S/c1-3-23-15(20)17-8-9-18(11(2)10-17)14(19)12-4-6-13(7-5-12)16-24(21)22/h4-7,11,16H,3,8-10H2,1-2H3,(H,21,22)/t11-/m0/s1. The normalized spacial score (nSPS) is 18.9. The van der Waals surface area contributed by atoms with Crippen LogP contribution in [-0.2, 0) is 16.0 Å². The molecule has 0 radical (unpaired) electrons. The zero-order valence-corrected chi connectivity index (χ0v) is 14.4. The molecule has 2 atom stereocenters. The molecule has 2 N–H and O–H groups in total. The molecule has 2 rings (SSSR count). The molecule has 9 heteroatoms. The van der Waals surface area contributed by atoms with Crippen LogP contribution in [0.15, 0.2) is 24.3 Å². The van der Waals surface area contributed by atoms with E-state index in [0.717, 1.165) is 0 Å². The molecular formula is C15H21N3O5S. The molecule has 24 heavy (non-hydrogen) atoms. The number of nitrogens with zero attached hydrogens (tertiary/aromatic N) is 2. The van der Waals surface area contributed by atoms with E-state index in [-0.39, 0.29) is 18.0 Å². The molecule has 1 aliphatic rings. The summed E-state index contributed by atoms with van der Waals surface area (Å²) in [6, 6.07) is 6.21. The van der Waals surface area contributed by atoms with Gasteiger partial charge in [-0.1, -0.05) is 0 Å². The molecule has 132 valence electrons. The van der Waals surface area contributed by atoms with Gasteiger partial charge in [0, 0.05) is 36.9 Å². The van der Waals surface area contributed by atoms with E-state index in [9.17, 15) is 13.8 Å². The molecule has 0 bridgehead atoms. The molecule has 1 aromatic carbocycles. The van der Waals surface area contributed by atoms with Crippen molar-refractivity contribution >= 4 is 29.0 Å². The van der Waals surface area contributed by atoms with Gasteiger partial charge in [-0.25, -0.2) is 9.00 Å². The lowest BCUT2D eigenvalue weighted by atomic mass is 10.1. The second kappa shape index (κ2) is 8.11. The Morgan fingerprint density at radius 1 is 1.33 bits per heavy atom. The third-order valence-electron chi connectivity index (χ3n) is 3.75. The molecule has 1 heterocycles. The largest absolute Gasteiger partial charge is 0.450 e. The monoisotopic (exact) mass is 355 g/mol. The highest BCUT2D eigenvalue weighted by atomic mass is 32.2. The first-order valence-electron chi connectivity index (χ1n) is 7.62. The Bertz CT molecular complexity index is 622. The smallest absolute Gasteiger partial charge is 0.409 e. The molecule has 0 aromatic heterocycles. The summed E-state index contributed by atoms with van der Waals surface area (Å²) in [6.07, 6.45) is -0.358. The summed E-state index contributed by atoms with van der Waals surface area (Å²) in [7, 11) is 0. The van der Waals surface area contributed by atoms with E-state index in [1.807, 2.05) is 6.92 Å². The van der Waals surface area contributed by atoms with Crippen molar-refractivity contribution in [1.29, 1.82) is 0 Å². The summed E-state index contributed by atoms with van der Waals surface area (Å²) in [5, 5.41) is 0. The number of nitrogens with one attached hydrogen (secondary N) is 1. The molecule has 8 nitrogen and oxygen atoms in total. The number of carbonyl (C=O) groups excluding carboxylic acids is 2. The number of anilines is 1. The van der Waals surface area contributed by atoms with E-state index in [4.69, 9.17) is 9.29 Å². The molecule has 0 aliphatic carbocycles. The summed E-state index contributed by atoms with van der Waals surface area (Å²) in [5.41, 5.74) is 0.938. The fraction of sp³-hybridized carbons (Fsp3) is 0.467. The molecule has 0 spiro atoms. The SMILES string of the molecule is CCOC(=O)N1CCN(C(=O)c2ccc(NS(=O)O)cc2)[C@@H](C)C1. The van der Waals surface area contributed by atoms with E-state index < -0.39 is 11.3 Å². The fourth-order valence-corrected chi connectivity index (χ4v) is 2.93. The number of amides is 2. The Morgan fingerprint density at radius 2 is 2.00 bits per heavy atom. The molecule has 1 fully saturated rings. The molecule has 1 aliphatic heterocycles. The molecule has 1 aromatic rings. The molecule has 0 saturated carbocycles. The summed E-state index contributed by atoms with van der Waals surface area (Å²) in [6.45, 7) is 5.25. The number of benzene rings is 1. The van der Waals surface area contributed by atoms with Crippen molar-refractivity contribution < 1.29 is 23.1 Å². The average molecular weight is 355 g/mol. The topological polar surface area (TPSA) is 99.2 Å². The van der Waals surface area contributed by atoms with Gasteiger partial charge in [-0.15, -0.1) is 0 Å². The first-order chi connectivity index (χ1) is 11.4. The third-order valence-corrected chi connectivity index (χ3v) is 4.16. The van der Waals surface area contributed by atoms with Crippen LogP contribution in [0.4, 0.5) is 10.5 Å². The van der Waals surface area contributed by atoms with Crippen molar-refractivity contribution in [1.82, 2.24) is 9.80 Å². The zero-order valence-electron chi connectivity index (χ0n) is 13.6. The second-order valence-electron chi connectivity index (χ2n) is 5.42. The number of rotatable bonds is 4. The highest BCUT2D eigenvalue weighted by molar-refractivity contribution is 7.80. The van der Waals surface area contributed by atoms with Crippen molar-refractivity contribution in [3.05, 3.63) is 29.8 Å². The van der Waals surface area contributed by atoms with Crippen LogP contribution in [0.25, 0.3) is 0 Å². The van der Waals surface area contributed by atoms with E-state index in [0.29, 0.717) is 37.5 Å². The van der Waals surface area contributed by atoms with E-state index in [1.54, 1.807) is 41.0 Å². The number of hydrogen-bond donors (Lipinski definition) is 2. The van der Waals surface area contributed by atoms with Gasteiger partial charge in [0.05, 0.1) is 6.61 Å². The van der Waals surface area contributed by atoms with Gasteiger partial charge < -0.3 is 14.5 Å². The summed E-state index contributed by atoms with van der Waals surface area (Å²) < 4.78 is 26.8. The fourth-order valence-electron chi connectivity index (χ4n) is 2.59. The van der Waals surface area contributed by atoms with E-state index in [1.165, 1.54) is 0 Å². The molecule has 1 saturated heterocycles. The minimum atomic E-state index is -2.15. The maximum absolute atomic E-state index is 12.6. The molecule has 1 unspecified atom stereocenters. The number of piperazine rings is 1. The van der Waals surface area contributed by atoms with Gasteiger partial charge in [0.15, 0.2) is 0 Å². The predicted octanol–water partition coefficient (Wildman–Crippen LogP) is 1.54. The highest BCUT2D eigenvalue weighted by Crippen LogP contribution is 2.17. The molecule has 2 amide bonds. The quantitative estimate of drug-likeness (QED) is 0.798. The van der Waals surface area contributed by atoms with E-state index >= 15 is 0 Å². The van der Waals surface area contributed by atoms with Crippen LogP contribution in [0.5, 0.6) is 0 Å². The predicted molar refractivity (Wildman–Crippen MR) is 89.9 cm³/mol. The lowest BCUT2D eigenvalue weighted by molar-refractivity contribution is 0.0423. The minimum absolute atomic E-state index is 0.126. The van der Waals surface area contributed by atoms with Crippen molar-refractivity contribution in [3.8, 4) is 0 Å². The Labute approximate surface area is 143 Å². The zero-order chi connectivity index (χ0) is 17.7. The van der Waals surface area contributed by atoms with Crippen molar-refractivity contribution in [2.75, 3.05) is 31.0 Å². The Hall–Kier alpha value is -2.13. The summed E-state index contributed by atoms with van der Waals surface area (Å²) in [4.78, 5) is 27.7. The van der Waals surface area contributed by atoms with E-state index in [2.05, 4.69) is 4.72 Å². The van der Waals surface area contributed by atoms with Crippen LogP contribution in [-0.4, -0.2) is 62.8 Å². The van der Waals surface area contributed by atoms with Gasteiger partial charge in [-0.2, -0.15) is 0 Å². The van der Waals surface area contributed by atoms with Gasteiger partial charge in [0.25, 0.3) is 17.2 Å². The van der Waals surface area contributed by atoms with Gasteiger partial charge in [-0.05, 0) is 38.1 Å². The third kappa shape index (κ3) is 4.45. The van der Waals surface area contributed by atoms with Crippen LogP contribution in [0.3, 0.4) is 0 Å². The lowest BCUT2D eigenvalue weighted by Gasteiger charge is -2.39. The lowest BCUT2D eigenvalue weighted by Crippen LogP contribution is -2.55. The van der Waals surface area contributed by atoms with Crippen molar-refractivity contribution in [2.24, 2.45) is 0 Å². The van der Waals surface area contributed by atoms with Crippen LogP contribution in [0.2, 0.25) is 0 Å². The maximum atomic E-state index is 12.6. The average Bonchev–Trinajstić information content (AvgIpc) is 2.54. The first kappa shape index (κ1) is 18.2. The molecular weight excluding hydrogens is 334 g/mol. The number of ether oxygens (including phenoxy) is 1. The minimum Gasteiger partial charge on any atom is -0.450 e. The van der Waals surface area contributed by atoms with Gasteiger partial charge in [0.1, 0.15) is 0 Å². The second-order valence-corrected chi connectivity index (χ2v) is 6.12. The van der Waals surface area contributed by atoms with Crippen molar-refractivity contribution in [2.45, 2.75) is 19.9 Å². The van der Waals surface area contributed by atoms with Crippen LogP contribution in [0, 0.1) is 0 Å². The number of hydrogen-bond acceptors (Lipinski definition) is 4. The van der Waals surface area contributed by atoms with Crippen molar-refractivity contribution in [3.63, 3.8) is 0 Å². The summed E-state index contributed by atoms with van der Waals surface area (Å²) in [5.74, 6) is -0.136. The van der Waals surface area contributed by atoms with Gasteiger partial charge >= 0.3 is 6.09 Å². The van der Waals surface area contributed by atoms with Crippen LogP contribution in [0.1, 0.15) is 24.2 Å². The Kier molecular flexibility index (Phi) is 6.16. The van der Waals surface area contributed by atoms with Crippen LogP contribution < -0.4 is 4.72 Å². The number of carbonyl (C=O) groups is 2. The summed E-state index contributed by atoms with van der Waals surface area (Å²) >= 11 is -2.15. The highest BCUT2D eigenvalue weighted by Gasteiger charge is 2.30. The van der Waals surface area contributed by atoms with Gasteiger partial charge in [-0.3, -0.25) is 14.1 Å². The first-order valence-corrected chi connectivity index (χ1v) is 8.73. The maximum Gasteiger partial charge on any atom is 0.409 e. The van der Waals surface area contributed by atoms with Gasteiger partial charge in [0.2, 0.25) is 0 Å². The Morgan fingerprint density at radius 3 is 2.54 bits per heavy atom. The van der Waals surface area contributed by atoms with Crippen LogP contribution >= 0.6 is 0 Å².